The summed E-state index contributed by atoms with van der Waals surface area (Å²) in [5.41, 5.74) is 1.36. The smallest absolute Gasteiger partial charge is 0.157 e. The zero-order chi connectivity index (χ0) is 11.9. The molecule has 0 amide bonds. The van der Waals surface area contributed by atoms with Crippen LogP contribution in [0.4, 0.5) is 0 Å². The predicted octanol–water partition coefficient (Wildman–Crippen LogP) is 3.92. The quantitative estimate of drug-likeness (QED) is 0.767. The van der Waals surface area contributed by atoms with Crippen molar-refractivity contribution in [2.75, 3.05) is 13.2 Å². The fourth-order valence-corrected chi connectivity index (χ4v) is 2.25. The number of halogens is 1. The van der Waals surface area contributed by atoms with Crippen molar-refractivity contribution in [1.82, 2.24) is 0 Å². The SMILES string of the molecule is Brc1ccc(CCCOC2CCCCO2)cc1. The van der Waals surface area contributed by atoms with Crippen LogP contribution >= 0.6 is 15.9 Å². The lowest BCUT2D eigenvalue weighted by atomic mass is 10.1. The summed E-state index contributed by atoms with van der Waals surface area (Å²) in [7, 11) is 0. The monoisotopic (exact) mass is 298 g/mol. The van der Waals surface area contributed by atoms with Gasteiger partial charge in [0.15, 0.2) is 6.29 Å². The molecular weight excluding hydrogens is 280 g/mol. The van der Waals surface area contributed by atoms with E-state index in [9.17, 15) is 0 Å². The van der Waals surface area contributed by atoms with Gasteiger partial charge in [-0.05, 0) is 49.8 Å². The van der Waals surface area contributed by atoms with Crippen LogP contribution in [0.3, 0.4) is 0 Å². The molecule has 1 aromatic rings. The first-order valence-corrected chi connectivity index (χ1v) is 7.11. The van der Waals surface area contributed by atoms with Crippen LogP contribution in [0.5, 0.6) is 0 Å². The lowest BCUT2D eigenvalue weighted by Crippen LogP contribution is -2.22. The summed E-state index contributed by atoms with van der Waals surface area (Å²) in [6.45, 7) is 1.65. The molecule has 0 spiro atoms. The Balaban J connectivity index is 1.60. The van der Waals surface area contributed by atoms with Crippen molar-refractivity contribution in [3.63, 3.8) is 0 Å². The number of rotatable bonds is 5. The van der Waals surface area contributed by atoms with Crippen LogP contribution < -0.4 is 0 Å². The molecule has 3 heteroatoms. The molecule has 1 heterocycles. The minimum Gasteiger partial charge on any atom is -0.353 e. The van der Waals surface area contributed by atoms with Gasteiger partial charge in [0, 0.05) is 11.1 Å². The standard InChI is InChI=1S/C14H19BrO2/c15-13-8-6-12(7-9-13)4-3-11-17-14-5-1-2-10-16-14/h6-9,14H,1-5,10-11H2. The van der Waals surface area contributed by atoms with Crippen LogP contribution in [0.2, 0.25) is 0 Å². The van der Waals surface area contributed by atoms with Crippen LogP contribution in [-0.2, 0) is 15.9 Å². The van der Waals surface area contributed by atoms with Crippen molar-refractivity contribution >= 4 is 15.9 Å². The van der Waals surface area contributed by atoms with Crippen LogP contribution in [0.15, 0.2) is 28.7 Å². The molecule has 0 bridgehead atoms. The van der Waals surface area contributed by atoms with Gasteiger partial charge in [-0.3, -0.25) is 0 Å². The molecule has 0 radical (unpaired) electrons. The summed E-state index contributed by atoms with van der Waals surface area (Å²) in [6, 6.07) is 8.48. The average Bonchev–Trinajstić information content (AvgIpc) is 2.38. The third kappa shape index (κ3) is 4.78. The predicted molar refractivity (Wildman–Crippen MR) is 72.0 cm³/mol. The second-order valence-corrected chi connectivity index (χ2v) is 5.31. The van der Waals surface area contributed by atoms with Gasteiger partial charge in [0.25, 0.3) is 0 Å². The van der Waals surface area contributed by atoms with Crippen LogP contribution in [0, 0.1) is 0 Å². The van der Waals surface area contributed by atoms with E-state index in [0.717, 1.165) is 36.9 Å². The molecular formula is C14H19BrO2. The Morgan fingerprint density at radius 3 is 2.76 bits per heavy atom. The fourth-order valence-electron chi connectivity index (χ4n) is 1.98. The van der Waals surface area contributed by atoms with E-state index >= 15 is 0 Å². The van der Waals surface area contributed by atoms with Gasteiger partial charge in [0.1, 0.15) is 0 Å². The van der Waals surface area contributed by atoms with Crippen LogP contribution in [-0.4, -0.2) is 19.5 Å². The second kappa shape index (κ2) is 7.14. The first-order chi connectivity index (χ1) is 8.34. The van der Waals surface area contributed by atoms with Crippen molar-refractivity contribution in [3.8, 4) is 0 Å². The van der Waals surface area contributed by atoms with Crippen molar-refractivity contribution in [1.29, 1.82) is 0 Å². The van der Waals surface area contributed by atoms with Gasteiger partial charge >= 0.3 is 0 Å². The molecule has 0 saturated carbocycles. The number of aryl methyl sites for hydroxylation is 1. The Morgan fingerprint density at radius 1 is 1.24 bits per heavy atom. The molecule has 1 saturated heterocycles. The van der Waals surface area contributed by atoms with Gasteiger partial charge in [0.05, 0.1) is 6.61 Å². The van der Waals surface area contributed by atoms with Crippen LogP contribution in [0.1, 0.15) is 31.2 Å². The van der Waals surface area contributed by atoms with Gasteiger partial charge in [-0.1, -0.05) is 28.1 Å². The third-order valence-electron chi connectivity index (χ3n) is 2.96. The highest BCUT2D eigenvalue weighted by atomic mass is 79.9. The van der Waals surface area contributed by atoms with E-state index in [1.54, 1.807) is 0 Å². The van der Waals surface area contributed by atoms with Gasteiger partial charge in [0.2, 0.25) is 0 Å². The van der Waals surface area contributed by atoms with E-state index in [-0.39, 0.29) is 6.29 Å². The largest absolute Gasteiger partial charge is 0.353 e. The second-order valence-electron chi connectivity index (χ2n) is 4.40. The molecule has 94 valence electrons. The van der Waals surface area contributed by atoms with Crippen molar-refractivity contribution in [2.24, 2.45) is 0 Å². The summed E-state index contributed by atoms with van der Waals surface area (Å²) in [5, 5.41) is 0. The van der Waals surface area contributed by atoms with Crippen LogP contribution in [0.25, 0.3) is 0 Å². The summed E-state index contributed by atoms with van der Waals surface area (Å²) in [5.74, 6) is 0. The molecule has 17 heavy (non-hydrogen) atoms. The van der Waals surface area contributed by atoms with Crippen molar-refractivity contribution < 1.29 is 9.47 Å². The average molecular weight is 299 g/mol. The van der Waals surface area contributed by atoms with Gasteiger partial charge in [-0.2, -0.15) is 0 Å². The molecule has 1 aromatic carbocycles. The Labute approximate surface area is 111 Å². The molecule has 1 aliphatic heterocycles. The highest BCUT2D eigenvalue weighted by Crippen LogP contribution is 2.15. The summed E-state index contributed by atoms with van der Waals surface area (Å²) >= 11 is 3.44. The molecule has 2 nitrogen and oxygen atoms in total. The molecule has 1 unspecified atom stereocenters. The number of ether oxygens (including phenoxy) is 2. The molecule has 1 aliphatic rings. The Bertz CT molecular complexity index is 317. The molecule has 2 rings (SSSR count). The fraction of sp³-hybridized carbons (Fsp3) is 0.571. The minimum atomic E-state index is 0.0497. The molecule has 0 aromatic heterocycles. The third-order valence-corrected chi connectivity index (χ3v) is 3.49. The van der Waals surface area contributed by atoms with E-state index in [0.29, 0.717) is 0 Å². The highest BCUT2D eigenvalue weighted by Gasteiger charge is 2.13. The Hall–Kier alpha value is -0.380. The van der Waals surface area contributed by atoms with E-state index in [1.807, 2.05) is 0 Å². The molecule has 1 fully saturated rings. The lowest BCUT2D eigenvalue weighted by Gasteiger charge is -2.22. The zero-order valence-corrected chi connectivity index (χ0v) is 11.6. The van der Waals surface area contributed by atoms with Gasteiger partial charge < -0.3 is 9.47 Å². The van der Waals surface area contributed by atoms with E-state index in [4.69, 9.17) is 9.47 Å². The normalized spacial score (nSPS) is 20.4. The summed E-state index contributed by atoms with van der Waals surface area (Å²) in [4.78, 5) is 0. The van der Waals surface area contributed by atoms with Gasteiger partial charge in [-0.25, -0.2) is 0 Å². The maximum absolute atomic E-state index is 5.70. The topological polar surface area (TPSA) is 18.5 Å². The van der Waals surface area contributed by atoms with Gasteiger partial charge in [-0.15, -0.1) is 0 Å². The summed E-state index contributed by atoms with van der Waals surface area (Å²) in [6.07, 6.45) is 5.64. The Morgan fingerprint density at radius 2 is 2.06 bits per heavy atom. The van der Waals surface area contributed by atoms with E-state index < -0.39 is 0 Å². The summed E-state index contributed by atoms with van der Waals surface area (Å²) < 4.78 is 12.3. The zero-order valence-electron chi connectivity index (χ0n) is 10.0. The lowest BCUT2D eigenvalue weighted by molar-refractivity contribution is -0.162. The minimum absolute atomic E-state index is 0.0497. The number of benzene rings is 1. The first-order valence-electron chi connectivity index (χ1n) is 6.32. The Kier molecular flexibility index (Phi) is 5.49. The molecule has 0 N–H and O–H groups in total. The van der Waals surface area contributed by atoms with Crippen molar-refractivity contribution in [3.05, 3.63) is 34.3 Å². The number of hydrogen-bond acceptors (Lipinski definition) is 2. The number of hydrogen-bond donors (Lipinski definition) is 0. The van der Waals surface area contributed by atoms with E-state index in [1.165, 1.54) is 18.4 Å². The first kappa shape index (κ1) is 13.1. The maximum Gasteiger partial charge on any atom is 0.157 e. The van der Waals surface area contributed by atoms with Crippen molar-refractivity contribution in [2.45, 2.75) is 38.4 Å². The maximum atomic E-state index is 5.70. The molecule has 1 atom stereocenters. The van der Waals surface area contributed by atoms with E-state index in [2.05, 4.69) is 40.2 Å². The molecule has 0 aliphatic carbocycles. The highest BCUT2D eigenvalue weighted by molar-refractivity contribution is 9.10.